The smallest absolute Gasteiger partial charge is 0.269 e. The van der Waals surface area contributed by atoms with Gasteiger partial charge >= 0.3 is 0 Å². The van der Waals surface area contributed by atoms with Crippen molar-refractivity contribution in [3.8, 4) is 0 Å². The summed E-state index contributed by atoms with van der Waals surface area (Å²) in [4.78, 5) is 13.0. The highest BCUT2D eigenvalue weighted by atomic mass is 16.6. The molecule has 0 saturated carbocycles. The summed E-state index contributed by atoms with van der Waals surface area (Å²) in [5.74, 6) is 0.466. The van der Waals surface area contributed by atoms with Crippen molar-refractivity contribution in [1.29, 1.82) is 0 Å². The van der Waals surface area contributed by atoms with E-state index in [1.165, 1.54) is 19.3 Å². The van der Waals surface area contributed by atoms with Crippen LogP contribution in [0, 0.1) is 16.0 Å². The first-order valence-corrected chi connectivity index (χ1v) is 7.78. The van der Waals surface area contributed by atoms with Gasteiger partial charge in [-0.15, -0.1) is 0 Å². The van der Waals surface area contributed by atoms with Crippen LogP contribution in [0.15, 0.2) is 18.2 Å². The fraction of sp³-hybridized carbons (Fsp3) is 0.625. The van der Waals surface area contributed by atoms with Gasteiger partial charge in [-0.2, -0.15) is 0 Å². The molecule has 2 N–H and O–H groups in total. The SMILES string of the molecule is CC(C)C[C@H](N)c1cc([N+](=O)[O-])ccc1N1CCCCC1. The lowest BCUT2D eigenvalue weighted by Gasteiger charge is -2.32. The first kappa shape index (κ1) is 15.8. The Labute approximate surface area is 126 Å². The van der Waals surface area contributed by atoms with Gasteiger partial charge in [0.15, 0.2) is 0 Å². The number of anilines is 1. The van der Waals surface area contributed by atoms with Crippen LogP contribution in [0.3, 0.4) is 0 Å². The van der Waals surface area contributed by atoms with Gasteiger partial charge in [0.05, 0.1) is 4.92 Å². The van der Waals surface area contributed by atoms with Crippen LogP contribution in [0.1, 0.15) is 51.1 Å². The second-order valence-corrected chi connectivity index (χ2v) is 6.28. The first-order valence-electron chi connectivity index (χ1n) is 7.78. The molecule has 5 nitrogen and oxygen atoms in total. The van der Waals surface area contributed by atoms with E-state index in [2.05, 4.69) is 18.7 Å². The van der Waals surface area contributed by atoms with Gasteiger partial charge in [0, 0.05) is 37.0 Å². The lowest BCUT2D eigenvalue weighted by atomic mass is 9.95. The minimum absolute atomic E-state index is 0.130. The minimum Gasteiger partial charge on any atom is -0.371 e. The van der Waals surface area contributed by atoms with Gasteiger partial charge in [-0.1, -0.05) is 13.8 Å². The molecule has 0 unspecified atom stereocenters. The summed E-state index contributed by atoms with van der Waals surface area (Å²) in [6.45, 7) is 6.27. The number of benzene rings is 1. The molecule has 1 aromatic carbocycles. The van der Waals surface area contributed by atoms with Crippen molar-refractivity contribution in [2.75, 3.05) is 18.0 Å². The highest BCUT2D eigenvalue weighted by Crippen LogP contribution is 2.33. The molecular weight excluding hydrogens is 266 g/mol. The Bertz CT molecular complexity index is 496. The summed E-state index contributed by atoms with van der Waals surface area (Å²) in [6, 6.07) is 4.98. The molecule has 1 atom stereocenters. The predicted molar refractivity (Wildman–Crippen MR) is 85.5 cm³/mol. The number of nitro groups is 1. The molecular formula is C16H25N3O2. The van der Waals surface area contributed by atoms with Crippen molar-refractivity contribution in [2.24, 2.45) is 11.7 Å². The largest absolute Gasteiger partial charge is 0.371 e. The van der Waals surface area contributed by atoms with Crippen molar-refractivity contribution in [2.45, 2.75) is 45.6 Å². The number of nitrogens with two attached hydrogens (primary N) is 1. The molecule has 0 bridgehead atoms. The number of nitro benzene ring substituents is 1. The third-order valence-corrected chi connectivity index (χ3v) is 4.04. The Morgan fingerprint density at radius 2 is 1.95 bits per heavy atom. The Balaban J connectivity index is 2.35. The van der Waals surface area contributed by atoms with E-state index in [0.29, 0.717) is 5.92 Å². The number of hydrogen-bond acceptors (Lipinski definition) is 4. The van der Waals surface area contributed by atoms with Gasteiger partial charge in [0.2, 0.25) is 0 Å². The molecule has 21 heavy (non-hydrogen) atoms. The molecule has 0 radical (unpaired) electrons. The fourth-order valence-corrected chi connectivity index (χ4v) is 3.01. The molecule has 0 aliphatic carbocycles. The normalized spacial score (nSPS) is 17.0. The van der Waals surface area contributed by atoms with Gasteiger partial charge in [-0.25, -0.2) is 0 Å². The summed E-state index contributed by atoms with van der Waals surface area (Å²) >= 11 is 0. The zero-order chi connectivity index (χ0) is 15.4. The van der Waals surface area contributed by atoms with Gasteiger partial charge in [-0.05, 0) is 43.2 Å². The third-order valence-electron chi connectivity index (χ3n) is 4.04. The molecule has 1 aliphatic rings. The van der Waals surface area contributed by atoms with Crippen molar-refractivity contribution >= 4 is 11.4 Å². The van der Waals surface area contributed by atoms with Crippen LogP contribution in [0.2, 0.25) is 0 Å². The standard InChI is InChI=1S/C16H25N3O2/c1-12(2)10-15(17)14-11-13(19(20)21)6-7-16(14)18-8-4-3-5-9-18/h6-7,11-12,15H,3-5,8-10,17H2,1-2H3/t15-/m0/s1. The molecule has 116 valence electrons. The maximum absolute atomic E-state index is 11.0. The first-order chi connectivity index (χ1) is 9.99. The molecule has 0 aromatic heterocycles. The van der Waals surface area contributed by atoms with E-state index in [9.17, 15) is 10.1 Å². The molecule has 2 rings (SSSR count). The summed E-state index contributed by atoms with van der Waals surface area (Å²) in [5, 5.41) is 11.0. The zero-order valence-electron chi connectivity index (χ0n) is 12.9. The van der Waals surface area contributed by atoms with Crippen LogP contribution in [0.4, 0.5) is 11.4 Å². The summed E-state index contributed by atoms with van der Waals surface area (Å²) in [6.07, 6.45) is 4.45. The van der Waals surface area contributed by atoms with E-state index in [4.69, 9.17) is 5.73 Å². The number of hydrogen-bond donors (Lipinski definition) is 1. The molecule has 1 aliphatic heterocycles. The number of piperidine rings is 1. The third kappa shape index (κ3) is 3.94. The van der Waals surface area contributed by atoms with E-state index >= 15 is 0 Å². The Hall–Kier alpha value is -1.62. The quantitative estimate of drug-likeness (QED) is 0.664. The minimum atomic E-state index is -0.342. The summed E-state index contributed by atoms with van der Waals surface area (Å²) < 4.78 is 0. The van der Waals surface area contributed by atoms with Gasteiger partial charge in [-0.3, -0.25) is 10.1 Å². The van der Waals surface area contributed by atoms with E-state index in [0.717, 1.165) is 30.8 Å². The monoisotopic (exact) mass is 291 g/mol. The van der Waals surface area contributed by atoms with E-state index in [-0.39, 0.29) is 16.7 Å². The lowest BCUT2D eigenvalue weighted by molar-refractivity contribution is -0.384. The molecule has 1 heterocycles. The molecule has 0 spiro atoms. The van der Waals surface area contributed by atoms with Gasteiger partial charge < -0.3 is 10.6 Å². The second kappa shape index (κ2) is 6.89. The predicted octanol–water partition coefficient (Wildman–Crippen LogP) is 3.63. The van der Waals surface area contributed by atoms with Crippen LogP contribution in [0.25, 0.3) is 0 Å². The van der Waals surface area contributed by atoms with Gasteiger partial charge in [0.25, 0.3) is 5.69 Å². The molecule has 5 heteroatoms. The van der Waals surface area contributed by atoms with Gasteiger partial charge in [0.1, 0.15) is 0 Å². The van der Waals surface area contributed by atoms with Crippen LogP contribution < -0.4 is 10.6 Å². The number of nitrogens with zero attached hydrogens (tertiary/aromatic N) is 2. The van der Waals surface area contributed by atoms with Crippen molar-refractivity contribution in [1.82, 2.24) is 0 Å². The van der Waals surface area contributed by atoms with Crippen LogP contribution >= 0.6 is 0 Å². The highest BCUT2D eigenvalue weighted by Gasteiger charge is 2.21. The maximum Gasteiger partial charge on any atom is 0.269 e. The zero-order valence-corrected chi connectivity index (χ0v) is 12.9. The number of rotatable bonds is 5. The summed E-state index contributed by atoms with van der Waals surface area (Å²) in [7, 11) is 0. The lowest BCUT2D eigenvalue weighted by Crippen LogP contribution is -2.31. The Morgan fingerprint density at radius 1 is 1.29 bits per heavy atom. The van der Waals surface area contributed by atoms with E-state index in [1.807, 2.05) is 6.07 Å². The van der Waals surface area contributed by atoms with Crippen molar-refractivity contribution < 1.29 is 4.92 Å². The van der Waals surface area contributed by atoms with Crippen LogP contribution in [-0.2, 0) is 0 Å². The van der Waals surface area contributed by atoms with Crippen molar-refractivity contribution in [3.63, 3.8) is 0 Å². The average Bonchev–Trinajstić information content (AvgIpc) is 2.46. The van der Waals surface area contributed by atoms with Crippen LogP contribution in [0.5, 0.6) is 0 Å². The second-order valence-electron chi connectivity index (χ2n) is 6.28. The fourth-order valence-electron chi connectivity index (χ4n) is 3.01. The molecule has 1 saturated heterocycles. The molecule has 1 fully saturated rings. The Kier molecular flexibility index (Phi) is 5.17. The topological polar surface area (TPSA) is 72.4 Å². The molecule has 1 aromatic rings. The van der Waals surface area contributed by atoms with E-state index in [1.54, 1.807) is 12.1 Å². The van der Waals surface area contributed by atoms with Crippen molar-refractivity contribution in [3.05, 3.63) is 33.9 Å². The van der Waals surface area contributed by atoms with Crippen LogP contribution in [-0.4, -0.2) is 18.0 Å². The Morgan fingerprint density at radius 3 is 2.52 bits per heavy atom. The maximum atomic E-state index is 11.0. The highest BCUT2D eigenvalue weighted by molar-refractivity contribution is 5.59. The molecule has 0 amide bonds. The van der Waals surface area contributed by atoms with E-state index < -0.39 is 0 Å². The number of non-ortho nitro benzene ring substituents is 1. The summed E-state index contributed by atoms with van der Waals surface area (Å²) in [5.41, 5.74) is 8.45. The average molecular weight is 291 g/mol.